The Hall–Kier alpha value is -1.18. The van der Waals surface area contributed by atoms with Crippen molar-refractivity contribution in [3.05, 3.63) is 10.6 Å². The molecule has 1 amide bonds. The van der Waals surface area contributed by atoms with Gasteiger partial charge in [0.1, 0.15) is 4.88 Å². The number of alkyl halides is 3. The second kappa shape index (κ2) is 5.44. The van der Waals surface area contributed by atoms with Crippen molar-refractivity contribution >= 4 is 17.4 Å². The van der Waals surface area contributed by atoms with Gasteiger partial charge in [0.15, 0.2) is 0 Å². The highest BCUT2D eigenvalue weighted by Gasteiger charge is 2.43. The number of nitrogens with zero attached hydrogens (tertiary/aromatic N) is 3. The van der Waals surface area contributed by atoms with Crippen molar-refractivity contribution in [1.29, 1.82) is 0 Å². The smallest absolute Gasteiger partial charge is 0.337 e. The molecule has 1 saturated heterocycles. The Morgan fingerprint density at radius 2 is 2.26 bits per heavy atom. The number of aromatic nitrogens is 2. The highest BCUT2D eigenvalue weighted by atomic mass is 32.1. The van der Waals surface area contributed by atoms with Crippen LogP contribution >= 0.6 is 11.5 Å². The van der Waals surface area contributed by atoms with E-state index in [1.165, 1.54) is 4.90 Å². The van der Waals surface area contributed by atoms with Crippen molar-refractivity contribution in [1.82, 2.24) is 14.5 Å². The third-order valence-electron chi connectivity index (χ3n) is 3.26. The Balaban J connectivity index is 2.11. The van der Waals surface area contributed by atoms with E-state index in [2.05, 4.69) is 9.59 Å². The topological polar surface area (TPSA) is 46.1 Å². The Labute approximate surface area is 112 Å². The lowest BCUT2D eigenvalue weighted by Gasteiger charge is -2.33. The molecule has 1 fully saturated rings. The molecule has 1 aromatic rings. The van der Waals surface area contributed by atoms with Crippen LogP contribution in [-0.4, -0.2) is 39.7 Å². The number of halogens is 3. The van der Waals surface area contributed by atoms with Gasteiger partial charge in [-0.25, -0.2) is 0 Å². The minimum Gasteiger partial charge on any atom is -0.337 e. The maximum Gasteiger partial charge on any atom is 0.393 e. The summed E-state index contributed by atoms with van der Waals surface area (Å²) in [6.07, 6.45) is -3.22. The van der Waals surface area contributed by atoms with Crippen LogP contribution in [0.1, 0.15) is 35.1 Å². The second-order valence-corrected chi connectivity index (χ2v) is 5.29. The number of piperidine rings is 1. The lowest BCUT2D eigenvalue weighted by Crippen LogP contribution is -2.44. The maximum atomic E-state index is 12.7. The van der Waals surface area contributed by atoms with E-state index in [9.17, 15) is 18.0 Å². The fourth-order valence-electron chi connectivity index (χ4n) is 2.17. The number of aryl methyl sites for hydroxylation is 1. The van der Waals surface area contributed by atoms with E-state index in [0.717, 1.165) is 11.5 Å². The minimum absolute atomic E-state index is 0.0921. The Morgan fingerprint density at radius 3 is 2.89 bits per heavy atom. The molecule has 1 aliphatic heterocycles. The standard InChI is InChI=1S/C11H14F3N3OS/c1-2-8-9(19-16-15-8)10(18)17-5-3-4-7(6-17)11(12,13)14/h7H,2-6H2,1H3/t7-/m0/s1. The van der Waals surface area contributed by atoms with Gasteiger partial charge in [-0.05, 0) is 30.8 Å². The summed E-state index contributed by atoms with van der Waals surface area (Å²) in [6.45, 7) is 1.94. The van der Waals surface area contributed by atoms with Gasteiger partial charge in [-0.3, -0.25) is 4.79 Å². The Morgan fingerprint density at radius 1 is 1.53 bits per heavy atom. The molecule has 0 bridgehead atoms. The number of hydrogen-bond donors (Lipinski definition) is 0. The summed E-state index contributed by atoms with van der Waals surface area (Å²) in [7, 11) is 0. The van der Waals surface area contributed by atoms with Crippen molar-refractivity contribution in [2.45, 2.75) is 32.4 Å². The molecule has 1 aliphatic rings. The molecular formula is C11H14F3N3OS. The zero-order valence-electron chi connectivity index (χ0n) is 10.4. The van der Waals surface area contributed by atoms with Crippen LogP contribution in [0.4, 0.5) is 13.2 Å². The molecular weight excluding hydrogens is 279 g/mol. The molecule has 0 N–H and O–H groups in total. The lowest BCUT2D eigenvalue weighted by molar-refractivity contribution is -0.184. The number of amides is 1. The van der Waals surface area contributed by atoms with Gasteiger partial charge in [0, 0.05) is 13.1 Å². The molecule has 4 nitrogen and oxygen atoms in total. The highest BCUT2D eigenvalue weighted by Crippen LogP contribution is 2.33. The van der Waals surface area contributed by atoms with E-state index >= 15 is 0 Å². The molecule has 0 aromatic carbocycles. The molecule has 106 valence electrons. The van der Waals surface area contributed by atoms with Crippen molar-refractivity contribution in [3.63, 3.8) is 0 Å². The zero-order valence-corrected chi connectivity index (χ0v) is 11.2. The molecule has 0 unspecified atom stereocenters. The van der Waals surface area contributed by atoms with Crippen LogP contribution in [0.3, 0.4) is 0 Å². The van der Waals surface area contributed by atoms with Gasteiger partial charge in [-0.1, -0.05) is 11.4 Å². The third kappa shape index (κ3) is 3.05. The summed E-state index contributed by atoms with van der Waals surface area (Å²) in [5.41, 5.74) is 0.559. The first-order valence-electron chi connectivity index (χ1n) is 6.10. The number of rotatable bonds is 2. The molecule has 0 saturated carbocycles. The summed E-state index contributed by atoms with van der Waals surface area (Å²) in [6, 6.07) is 0. The van der Waals surface area contributed by atoms with E-state index in [0.29, 0.717) is 30.0 Å². The zero-order chi connectivity index (χ0) is 14.0. The molecule has 1 aromatic heterocycles. The van der Waals surface area contributed by atoms with Crippen LogP contribution in [0.2, 0.25) is 0 Å². The van der Waals surface area contributed by atoms with Gasteiger partial charge < -0.3 is 4.90 Å². The maximum absolute atomic E-state index is 12.7. The van der Waals surface area contributed by atoms with Crippen LogP contribution in [-0.2, 0) is 6.42 Å². The summed E-state index contributed by atoms with van der Waals surface area (Å²) in [4.78, 5) is 13.8. The van der Waals surface area contributed by atoms with Crippen LogP contribution in [0.25, 0.3) is 0 Å². The Kier molecular flexibility index (Phi) is 4.07. The molecule has 0 aliphatic carbocycles. The second-order valence-electron chi connectivity index (χ2n) is 4.53. The number of carbonyl (C=O) groups is 1. The number of hydrogen-bond acceptors (Lipinski definition) is 4. The van der Waals surface area contributed by atoms with Crippen LogP contribution < -0.4 is 0 Å². The van der Waals surface area contributed by atoms with Gasteiger partial charge in [-0.15, -0.1) is 5.10 Å². The van der Waals surface area contributed by atoms with Gasteiger partial charge in [0.2, 0.25) is 0 Å². The predicted molar refractivity (Wildman–Crippen MR) is 64.0 cm³/mol. The van der Waals surface area contributed by atoms with E-state index in [1.54, 1.807) is 0 Å². The van der Waals surface area contributed by atoms with Crippen molar-refractivity contribution in [2.24, 2.45) is 5.92 Å². The summed E-state index contributed by atoms with van der Waals surface area (Å²) in [5, 5.41) is 3.82. The average molecular weight is 293 g/mol. The van der Waals surface area contributed by atoms with Crippen LogP contribution in [0, 0.1) is 5.92 Å². The summed E-state index contributed by atoms with van der Waals surface area (Å²) >= 11 is 0.951. The normalized spacial score (nSPS) is 20.6. The van der Waals surface area contributed by atoms with Crippen molar-refractivity contribution in [2.75, 3.05) is 13.1 Å². The molecule has 0 spiro atoms. The van der Waals surface area contributed by atoms with Gasteiger partial charge in [0.25, 0.3) is 5.91 Å². The molecule has 2 rings (SSSR count). The molecule has 2 heterocycles. The van der Waals surface area contributed by atoms with E-state index < -0.39 is 12.1 Å². The van der Waals surface area contributed by atoms with Crippen LogP contribution in [0.15, 0.2) is 0 Å². The fraction of sp³-hybridized carbons (Fsp3) is 0.727. The molecule has 8 heteroatoms. The van der Waals surface area contributed by atoms with Gasteiger partial charge >= 0.3 is 6.18 Å². The summed E-state index contributed by atoms with van der Waals surface area (Å²) < 4.78 is 41.8. The third-order valence-corrected chi connectivity index (χ3v) is 4.01. The first-order chi connectivity index (χ1) is 8.93. The van der Waals surface area contributed by atoms with Gasteiger partial charge in [0.05, 0.1) is 11.6 Å². The first-order valence-corrected chi connectivity index (χ1v) is 6.88. The average Bonchev–Trinajstić information content (AvgIpc) is 2.85. The van der Waals surface area contributed by atoms with E-state index in [1.807, 2.05) is 6.92 Å². The van der Waals surface area contributed by atoms with Crippen LogP contribution in [0.5, 0.6) is 0 Å². The quantitative estimate of drug-likeness (QED) is 0.841. The SMILES string of the molecule is CCc1nnsc1C(=O)N1CCC[C@H](C(F)(F)F)C1. The Bertz CT molecular complexity index is 460. The lowest BCUT2D eigenvalue weighted by atomic mass is 9.97. The van der Waals surface area contributed by atoms with Crippen molar-refractivity contribution < 1.29 is 18.0 Å². The summed E-state index contributed by atoms with van der Waals surface area (Å²) in [5.74, 6) is -1.79. The first kappa shape index (κ1) is 14.2. The van der Waals surface area contributed by atoms with Gasteiger partial charge in [-0.2, -0.15) is 13.2 Å². The predicted octanol–water partition coefficient (Wildman–Crippen LogP) is 2.52. The molecule has 1 atom stereocenters. The molecule has 19 heavy (non-hydrogen) atoms. The van der Waals surface area contributed by atoms with E-state index in [-0.39, 0.29) is 18.9 Å². The fourth-order valence-corrected chi connectivity index (χ4v) is 2.89. The highest BCUT2D eigenvalue weighted by molar-refractivity contribution is 7.08. The number of carbonyl (C=O) groups excluding carboxylic acids is 1. The van der Waals surface area contributed by atoms with Crippen molar-refractivity contribution in [3.8, 4) is 0 Å². The number of likely N-dealkylation sites (tertiary alicyclic amines) is 1. The largest absolute Gasteiger partial charge is 0.393 e. The van der Waals surface area contributed by atoms with E-state index in [4.69, 9.17) is 0 Å². The minimum atomic E-state index is -4.24. The molecule has 0 radical (unpaired) electrons. The monoisotopic (exact) mass is 293 g/mol.